The van der Waals surface area contributed by atoms with E-state index in [0.29, 0.717) is 43.3 Å². The van der Waals surface area contributed by atoms with Crippen molar-refractivity contribution in [3.63, 3.8) is 0 Å². The van der Waals surface area contributed by atoms with E-state index in [2.05, 4.69) is 15.0 Å². The first-order valence-corrected chi connectivity index (χ1v) is 24.0. The van der Waals surface area contributed by atoms with Crippen molar-refractivity contribution in [2.24, 2.45) is 0 Å². The number of thiophene rings is 1. The lowest BCUT2D eigenvalue weighted by molar-refractivity contribution is -0.146. The molecular formula is C45H46F2N5O7PS2. The standard InChI is InChI=1S/C45H46F2N5O7PS2/c1-4-11-41(53)61-23-22-58-60(57,59-34-16-10-14-32(26-34)48-2)45(46,47)31-18-21-39-30(24-31)25-40(62-39)42(54)50-36-17-9-8-15-33-19-20-38(52(33)43(36)55)44(56)51-27-35(37(28-51)49-3)29-12-6-5-7-13-29/h5-7,10,12-14,16,18,21,24-26,33,35-38H,4,8-9,11,15,17,19-20,22-23,27-28H2,1H3,(H,50,54)/t33-,35+,36-,37-,38-,60?/m0/s1. The summed E-state index contributed by atoms with van der Waals surface area (Å²) in [5.41, 5.74) is -3.84. The monoisotopic (exact) mass is 901 g/mol. The second kappa shape index (κ2) is 19.5. The number of benzene rings is 3. The molecule has 6 atom stereocenters. The Morgan fingerprint density at radius 3 is 2.53 bits per heavy atom. The second-order valence-corrected chi connectivity index (χ2v) is 19.9. The molecule has 0 bridgehead atoms. The Kier molecular flexibility index (Phi) is 14.1. The number of carbonyl (C=O) groups excluding carboxylic acids is 4. The van der Waals surface area contributed by atoms with Crippen LogP contribution in [0.25, 0.3) is 19.8 Å². The minimum absolute atomic E-state index is 0.0391. The van der Waals surface area contributed by atoms with E-state index in [0.717, 1.165) is 53.6 Å². The van der Waals surface area contributed by atoms with Crippen molar-refractivity contribution in [2.75, 3.05) is 25.4 Å². The van der Waals surface area contributed by atoms with Gasteiger partial charge in [-0.2, -0.15) is 8.78 Å². The highest BCUT2D eigenvalue weighted by Crippen LogP contribution is 2.66. The van der Waals surface area contributed by atoms with Crippen LogP contribution in [-0.2, 0) is 29.1 Å². The van der Waals surface area contributed by atoms with Crippen molar-refractivity contribution >= 4 is 69.3 Å². The number of alkyl halides is 2. The molecule has 62 heavy (non-hydrogen) atoms. The fourth-order valence-electron chi connectivity index (χ4n) is 8.48. The molecule has 0 spiro atoms. The highest BCUT2D eigenvalue weighted by atomic mass is 32.2. The van der Waals surface area contributed by atoms with Gasteiger partial charge in [-0.05, 0) is 73.4 Å². The molecule has 17 heteroatoms. The fourth-order valence-corrected chi connectivity index (χ4v) is 11.8. The van der Waals surface area contributed by atoms with Gasteiger partial charge < -0.3 is 24.5 Å². The predicted molar refractivity (Wildman–Crippen MR) is 235 cm³/mol. The summed E-state index contributed by atoms with van der Waals surface area (Å²) in [5.74, 6) is -1.53. The van der Waals surface area contributed by atoms with Crippen LogP contribution in [0.3, 0.4) is 0 Å². The topological polar surface area (TPSA) is 131 Å². The quantitative estimate of drug-likeness (QED) is 0.0752. The Morgan fingerprint density at radius 2 is 1.77 bits per heavy atom. The molecule has 4 aromatic rings. The van der Waals surface area contributed by atoms with Gasteiger partial charge in [-0.1, -0.05) is 80.1 Å². The summed E-state index contributed by atoms with van der Waals surface area (Å²) in [6, 6.07) is 17.8. The first kappa shape index (κ1) is 44.9. The molecule has 324 valence electrons. The Hall–Kier alpha value is -5.12. The van der Waals surface area contributed by atoms with Crippen molar-refractivity contribution in [1.82, 2.24) is 15.1 Å². The van der Waals surface area contributed by atoms with Gasteiger partial charge in [0.25, 0.3) is 5.91 Å². The molecule has 1 unspecified atom stereocenters. The smallest absolute Gasteiger partial charge is 0.422 e. The lowest BCUT2D eigenvalue weighted by atomic mass is 9.95. The van der Waals surface area contributed by atoms with Crippen LogP contribution in [0, 0.1) is 13.1 Å². The van der Waals surface area contributed by atoms with Gasteiger partial charge >= 0.3 is 13.3 Å². The molecule has 0 radical (unpaired) electrons. The molecule has 12 nitrogen and oxygen atoms in total. The van der Waals surface area contributed by atoms with Crippen LogP contribution in [0.1, 0.15) is 85.0 Å². The first-order valence-electron chi connectivity index (χ1n) is 20.7. The number of rotatable bonds is 14. The van der Waals surface area contributed by atoms with E-state index in [-0.39, 0.29) is 69.3 Å². The molecule has 3 aromatic carbocycles. The Balaban J connectivity index is 1.07. The van der Waals surface area contributed by atoms with Gasteiger partial charge in [0, 0.05) is 35.0 Å². The molecule has 3 aliphatic rings. The lowest BCUT2D eigenvalue weighted by Gasteiger charge is -2.36. The highest BCUT2D eigenvalue weighted by Gasteiger charge is 2.57. The van der Waals surface area contributed by atoms with Crippen LogP contribution >= 0.6 is 30.7 Å². The summed E-state index contributed by atoms with van der Waals surface area (Å²) < 4.78 is 58.4. The van der Waals surface area contributed by atoms with Crippen molar-refractivity contribution in [1.29, 1.82) is 0 Å². The fraction of sp³-hybridized carbons (Fsp3) is 0.422. The van der Waals surface area contributed by atoms with Crippen molar-refractivity contribution in [2.45, 2.75) is 94.0 Å². The van der Waals surface area contributed by atoms with Crippen molar-refractivity contribution in [3.05, 3.63) is 118 Å². The summed E-state index contributed by atoms with van der Waals surface area (Å²) in [7, 11) is -5.37. The molecule has 7 rings (SSSR count). The Labute approximate surface area is 367 Å². The number of carbonyl (C=O) groups is 4. The second-order valence-electron chi connectivity index (χ2n) is 15.7. The van der Waals surface area contributed by atoms with Crippen LogP contribution in [0.5, 0.6) is 5.75 Å². The maximum atomic E-state index is 16.5. The lowest BCUT2D eigenvalue weighted by Crippen LogP contribution is -2.56. The minimum atomic E-state index is -5.37. The van der Waals surface area contributed by atoms with Gasteiger partial charge in [-0.15, -0.1) is 11.3 Å². The van der Waals surface area contributed by atoms with Gasteiger partial charge in [-0.25, -0.2) is 16.0 Å². The van der Waals surface area contributed by atoms with E-state index >= 15 is 8.78 Å². The zero-order valence-corrected chi connectivity index (χ0v) is 36.6. The van der Waals surface area contributed by atoms with Crippen molar-refractivity contribution < 1.29 is 41.6 Å². The number of halogens is 2. The van der Waals surface area contributed by atoms with Crippen LogP contribution in [0.2, 0.25) is 0 Å². The third-order valence-electron chi connectivity index (χ3n) is 11.6. The van der Waals surface area contributed by atoms with E-state index < -0.39 is 49.5 Å². The summed E-state index contributed by atoms with van der Waals surface area (Å²) >= 11 is 1.92. The summed E-state index contributed by atoms with van der Waals surface area (Å²) in [4.78, 5) is 65.1. The number of thioether (sulfide) groups is 1. The average Bonchev–Trinajstić information content (AvgIpc) is 4.02. The number of hydrogen-bond acceptors (Lipinski definition) is 9. The third kappa shape index (κ3) is 9.59. The van der Waals surface area contributed by atoms with E-state index in [1.165, 1.54) is 36.4 Å². The first-order chi connectivity index (χ1) is 29.8. The number of nitrogens with one attached hydrogen (secondary N) is 1. The number of nitrogens with zero attached hydrogens (tertiary/aromatic N) is 4. The van der Waals surface area contributed by atoms with Crippen LogP contribution in [0.4, 0.5) is 14.5 Å². The number of hydrogen-bond donors (Lipinski definition) is 1. The van der Waals surface area contributed by atoms with Gasteiger partial charge in [0.1, 0.15) is 17.8 Å². The molecule has 0 aliphatic carbocycles. The molecular weight excluding hydrogens is 856 g/mol. The maximum absolute atomic E-state index is 16.5. The molecule has 1 N–H and O–H groups in total. The molecule has 0 saturated carbocycles. The van der Waals surface area contributed by atoms with E-state index in [9.17, 15) is 23.7 Å². The van der Waals surface area contributed by atoms with Gasteiger partial charge in [0.2, 0.25) is 17.9 Å². The summed E-state index contributed by atoms with van der Waals surface area (Å²) in [6.45, 7) is 17.1. The Bertz CT molecular complexity index is 2460. The van der Waals surface area contributed by atoms with Gasteiger partial charge in [0.15, 0.2) is 10.8 Å². The van der Waals surface area contributed by atoms with E-state index in [1.807, 2.05) is 37.3 Å². The van der Waals surface area contributed by atoms with Crippen molar-refractivity contribution in [3.8, 4) is 5.75 Å². The summed E-state index contributed by atoms with van der Waals surface area (Å²) in [5, 5.41) is 2.99. The van der Waals surface area contributed by atoms with Gasteiger partial charge in [-0.3, -0.25) is 23.7 Å². The molecule has 3 amide bonds. The molecule has 3 fully saturated rings. The SMILES string of the molecule is [C-]#[N+]c1cccc(OP(=O)(OCCSC(=O)CCC)C(F)(F)c2ccc3sc(C(=O)N[C@H]4CCCC[C@H]5CC[C@@H](C(=O)N6C[C@H]([N+]#[C-])[C@@H](c7ccccc7)C6)N5C4=O)cc3c2)c1. The average molecular weight is 902 g/mol. The van der Waals surface area contributed by atoms with Crippen LogP contribution < -0.4 is 9.84 Å². The normalized spacial score (nSPS) is 22.5. The highest BCUT2D eigenvalue weighted by molar-refractivity contribution is 8.13. The molecule has 4 heterocycles. The third-order valence-corrected chi connectivity index (χ3v) is 15.5. The van der Waals surface area contributed by atoms with E-state index in [4.69, 9.17) is 22.2 Å². The molecule has 3 aliphatic heterocycles. The number of fused-ring (bicyclic) bond motifs is 2. The molecule has 3 saturated heterocycles. The molecule has 1 aromatic heterocycles. The predicted octanol–water partition coefficient (Wildman–Crippen LogP) is 9.80. The van der Waals surface area contributed by atoms with Crippen LogP contribution in [0.15, 0.2) is 78.9 Å². The van der Waals surface area contributed by atoms with Crippen LogP contribution in [-0.4, -0.2) is 82.3 Å². The Morgan fingerprint density at radius 1 is 0.984 bits per heavy atom. The van der Waals surface area contributed by atoms with E-state index in [1.54, 1.807) is 9.80 Å². The number of amides is 3. The largest absolute Gasteiger partial charge is 0.453 e. The maximum Gasteiger partial charge on any atom is 0.453 e. The number of likely N-dealkylation sites (tertiary alicyclic amines) is 1. The zero-order valence-electron chi connectivity index (χ0n) is 34.0. The zero-order chi connectivity index (χ0) is 44.0. The van der Waals surface area contributed by atoms with Gasteiger partial charge in [0.05, 0.1) is 30.5 Å². The minimum Gasteiger partial charge on any atom is -0.422 e. The summed E-state index contributed by atoms with van der Waals surface area (Å²) in [6.07, 6.45) is 4.63.